The second-order valence-corrected chi connectivity index (χ2v) is 23.2. The highest BCUT2D eigenvalue weighted by molar-refractivity contribution is 7.26. The van der Waals surface area contributed by atoms with E-state index in [9.17, 15) is 0 Å². The second-order valence-electron chi connectivity index (χ2n) is 22.1. The van der Waals surface area contributed by atoms with Crippen LogP contribution < -0.4 is 21.3 Å². The molecule has 344 valence electrons. The van der Waals surface area contributed by atoms with Gasteiger partial charge in [-0.25, -0.2) is 0 Å². The van der Waals surface area contributed by atoms with Crippen molar-refractivity contribution in [1.29, 1.82) is 0 Å². The van der Waals surface area contributed by atoms with Crippen molar-refractivity contribution in [3.8, 4) is 50.2 Å². The normalized spacial score (nSPS) is 13.1. The fraction of sp³-hybridized carbons (Fsp3) is 0.118. The van der Waals surface area contributed by atoms with Crippen molar-refractivity contribution in [2.24, 2.45) is 0 Å². The molecular formula is C68H53BN2S. The predicted octanol–water partition coefficient (Wildman–Crippen LogP) is 17.0. The molecule has 0 bridgehead atoms. The van der Waals surface area contributed by atoms with Crippen molar-refractivity contribution in [3.05, 3.63) is 223 Å². The molecule has 0 unspecified atom stereocenters. The molecule has 0 fully saturated rings. The zero-order valence-corrected chi connectivity index (χ0v) is 42.4. The largest absolute Gasteiger partial charge is 0.311 e. The standard InChI is InChI=1S/C68H53BN2S/c1-67(2,3)48-34-47(35-49(39-48)68(4,5)6)50-26-16-18-28-57(50)70-59-40-55-53-27-17-19-29-62(53)72-63(55)41-56(59)69-64-51(44-24-14-9-15-25-44)32-33-54-52-31-30-45(42-20-10-7-11-21-42)36-58(52)71(66(54)64)61-38-46(37-60(70)65(61)69)43-22-12-8-13-23-43/h7-41H,1-6H3. The molecule has 2 aliphatic heterocycles. The number of para-hydroxylation sites is 1. The first-order valence-corrected chi connectivity index (χ1v) is 26.3. The van der Waals surface area contributed by atoms with Gasteiger partial charge in [0.1, 0.15) is 0 Å². The summed E-state index contributed by atoms with van der Waals surface area (Å²) >= 11 is 1.91. The Balaban J connectivity index is 1.17. The maximum absolute atomic E-state index is 2.66. The zero-order valence-electron chi connectivity index (χ0n) is 41.6. The Morgan fingerprint density at radius 2 is 0.972 bits per heavy atom. The third-order valence-corrected chi connectivity index (χ3v) is 16.8. The van der Waals surface area contributed by atoms with Crippen LogP contribution in [0.25, 0.3) is 92.2 Å². The second kappa shape index (κ2) is 15.8. The molecule has 14 rings (SSSR count). The molecule has 0 atom stereocenters. The molecule has 2 nitrogen and oxygen atoms in total. The van der Waals surface area contributed by atoms with Gasteiger partial charge in [-0.15, -0.1) is 11.3 Å². The summed E-state index contributed by atoms with van der Waals surface area (Å²) in [6.07, 6.45) is 0. The van der Waals surface area contributed by atoms with Crippen molar-refractivity contribution in [2.45, 2.75) is 52.4 Å². The molecule has 0 saturated heterocycles. The number of anilines is 3. The van der Waals surface area contributed by atoms with Gasteiger partial charge in [0.25, 0.3) is 6.71 Å². The van der Waals surface area contributed by atoms with E-state index in [1.807, 2.05) is 11.3 Å². The van der Waals surface area contributed by atoms with E-state index in [1.54, 1.807) is 0 Å². The number of rotatable bonds is 5. The Morgan fingerprint density at radius 3 is 1.68 bits per heavy atom. The summed E-state index contributed by atoms with van der Waals surface area (Å²) < 4.78 is 5.27. The van der Waals surface area contributed by atoms with Gasteiger partial charge in [0.15, 0.2) is 0 Å². The molecule has 0 amide bonds. The van der Waals surface area contributed by atoms with E-state index in [4.69, 9.17) is 0 Å². The maximum atomic E-state index is 2.66. The summed E-state index contributed by atoms with van der Waals surface area (Å²) in [5.74, 6) is 0. The number of nitrogens with zero attached hydrogens (tertiary/aromatic N) is 2. The van der Waals surface area contributed by atoms with Crippen LogP contribution in [0.5, 0.6) is 0 Å². The molecule has 4 heteroatoms. The van der Waals surface area contributed by atoms with Crippen LogP contribution in [-0.4, -0.2) is 11.3 Å². The van der Waals surface area contributed by atoms with E-state index < -0.39 is 0 Å². The third kappa shape index (κ3) is 6.55. The van der Waals surface area contributed by atoms with Crippen LogP contribution in [-0.2, 0) is 10.8 Å². The first-order valence-electron chi connectivity index (χ1n) is 25.4. The van der Waals surface area contributed by atoms with Crippen LogP contribution in [0.15, 0.2) is 212 Å². The quantitative estimate of drug-likeness (QED) is 0.156. The molecule has 0 spiro atoms. The summed E-state index contributed by atoms with van der Waals surface area (Å²) in [4.78, 5) is 2.66. The summed E-state index contributed by atoms with van der Waals surface area (Å²) in [5, 5.41) is 5.14. The number of hydrogen-bond donors (Lipinski definition) is 0. The highest BCUT2D eigenvalue weighted by Crippen LogP contribution is 2.49. The van der Waals surface area contributed by atoms with E-state index >= 15 is 0 Å². The number of hydrogen-bond acceptors (Lipinski definition) is 2. The predicted molar refractivity (Wildman–Crippen MR) is 312 cm³/mol. The molecule has 0 saturated carbocycles. The Hall–Kier alpha value is -7.92. The average Bonchev–Trinajstić information content (AvgIpc) is 3.94. The van der Waals surface area contributed by atoms with Gasteiger partial charge in [-0.3, -0.25) is 0 Å². The minimum Gasteiger partial charge on any atom is -0.311 e. The molecule has 12 aromatic rings. The average molecular weight is 941 g/mol. The number of thiophene rings is 1. The van der Waals surface area contributed by atoms with Crippen LogP contribution in [0.3, 0.4) is 0 Å². The Kier molecular flexibility index (Phi) is 9.41. The number of benzene rings is 10. The van der Waals surface area contributed by atoms with E-state index in [1.165, 1.54) is 137 Å². The molecule has 0 N–H and O–H groups in total. The fourth-order valence-corrected chi connectivity index (χ4v) is 13.2. The van der Waals surface area contributed by atoms with Crippen LogP contribution >= 0.6 is 11.3 Å². The van der Waals surface area contributed by atoms with Crippen LogP contribution in [0, 0.1) is 0 Å². The first-order chi connectivity index (χ1) is 35.0. The summed E-state index contributed by atoms with van der Waals surface area (Å²) in [5.41, 5.74) is 23.7. The highest BCUT2D eigenvalue weighted by atomic mass is 32.1. The van der Waals surface area contributed by atoms with Gasteiger partial charge in [0, 0.05) is 59.1 Å². The topological polar surface area (TPSA) is 8.17 Å². The summed E-state index contributed by atoms with van der Waals surface area (Å²) in [6, 6.07) is 80.6. The smallest absolute Gasteiger partial charge is 0.253 e. The van der Waals surface area contributed by atoms with Gasteiger partial charge in [0.2, 0.25) is 0 Å². The van der Waals surface area contributed by atoms with E-state index in [0.29, 0.717) is 0 Å². The summed E-state index contributed by atoms with van der Waals surface area (Å²) in [7, 11) is 0. The van der Waals surface area contributed by atoms with Crippen molar-refractivity contribution in [2.75, 3.05) is 4.90 Å². The van der Waals surface area contributed by atoms with Crippen molar-refractivity contribution in [1.82, 2.24) is 4.57 Å². The van der Waals surface area contributed by atoms with Crippen LogP contribution in [0.4, 0.5) is 17.1 Å². The third-order valence-electron chi connectivity index (χ3n) is 15.7. The lowest BCUT2D eigenvalue weighted by Crippen LogP contribution is -2.61. The molecule has 4 heterocycles. The van der Waals surface area contributed by atoms with Crippen LogP contribution in [0.1, 0.15) is 52.7 Å². The number of fused-ring (bicyclic) bond motifs is 10. The Labute approximate surface area is 426 Å². The van der Waals surface area contributed by atoms with Crippen molar-refractivity contribution < 1.29 is 0 Å². The molecule has 0 aliphatic carbocycles. The van der Waals surface area contributed by atoms with Crippen LogP contribution in [0.2, 0.25) is 0 Å². The minimum atomic E-state index is -0.0751. The number of aromatic nitrogens is 1. The van der Waals surface area contributed by atoms with E-state index in [0.717, 1.165) is 0 Å². The molecule has 72 heavy (non-hydrogen) atoms. The van der Waals surface area contributed by atoms with Gasteiger partial charge in [-0.05, 0) is 120 Å². The lowest BCUT2D eigenvalue weighted by molar-refractivity contribution is 0.569. The molecule has 0 radical (unpaired) electrons. The van der Waals surface area contributed by atoms with E-state index in [-0.39, 0.29) is 17.5 Å². The maximum Gasteiger partial charge on any atom is 0.253 e. The van der Waals surface area contributed by atoms with Gasteiger partial charge in [0.05, 0.1) is 11.2 Å². The van der Waals surface area contributed by atoms with Gasteiger partial charge in [-0.1, -0.05) is 211 Å². The van der Waals surface area contributed by atoms with Gasteiger partial charge >= 0.3 is 0 Å². The summed E-state index contributed by atoms with van der Waals surface area (Å²) in [6.45, 7) is 14.0. The van der Waals surface area contributed by atoms with Gasteiger partial charge < -0.3 is 9.47 Å². The molecular weight excluding hydrogens is 888 g/mol. The van der Waals surface area contributed by atoms with E-state index in [2.05, 4.69) is 263 Å². The minimum absolute atomic E-state index is 0.0420. The monoisotopic (exact) mass is 940 g/mol. The van der Waals surface area contributed by atoms with Crippen molar-refractivity contribution in [3.63, 3.8) is 0 Å². The molecule has 10 aromatic carbocycles. The lowest BCUT2D eigenvalue weighted by atomic mass is 9.33. The zero-order chi connectivity index (χ0) is 48.6. The molecule has 2 aliphatic rings. The highest BCUT2D eigenvalue weighted by Gasteiger charge is 2.44. The Morgan fingerprint density at radius 1 is 0.361 bits per heavy atom. The fourth-order valence-electron chi connectivity index (χ4n) is 12.0. The lowest BCUT2D eigenvalue weighted by Gasteiger charge is -2.42. The van der Waals surface area contributed by atoms with Crippen molar-refractivity contribution >= 4 is 93.5 Å². The molecule has 2 aromatic heterocycles. The first kappa shape index (κ1) is 42.9. The van der Waals surface area contributed by atoms with Gasteiger partial charge in [-0.2, -0.15) is 0 Å². The SMILES string of the molecule is CC(C)(C)c1cc(-c2ccccc2N2c3cc4c(cc3B3c5c2cc(-c2ccccc2)cc5-n2c5cc(-c6ccccc6)ccc5c5ccc(-c6ccccc6)c3c52)sc2ccccc24)cc(C(C)(C)C)c1. The Bertz CT molecular complexity index is 4140.